The Morgan fingerprint density at radius 3 is 2.75 bits per heavy atom. The summed E-state index contributed by atoms with van der Waals surface area (Å²) in [6.45, 7) is 1.16. The third kappa shape index (κ3) is 10.9. The number of hydrogen-bond acceptors (Lipinski definition) is 2. The van der Waals surface area contributed by atoms with Crippen LogP contribution in [-0.4, -0.2) is 38.7 Å². The Bertz CT molecular complexity index is 109. The molecule has 0 saturated carbocycles. The number of ether oxygens (including phenoxy) is 2. The lowest BCUT2D eigenvalue weighted by molar-refractivity contribution is -0.0285. The van der Waals surface area contributed by atoms with Crippen molar-refractivity contribution in [2.24, 2.45) is 0 Å². The molecule has 0 heterocycles. The molecule has 0 radical (unpaired) electrons. The zero-order valence-corrected chi connectivity index (χ0v) is 10.6. The normalized spacial score (nSPS) is 10.5. The summed E-state index contributed by atoms with van der Waals surface area (Å²) < 4.78 is 11.2. The molecule has 0 aliphatic heterocycles. The first-order valence-corrected chi connectivity index (χ1v) is 9.09. The molecule has 0 spiro atoms. The molecule has 0 aromatic heterocycles. The van der Waals surface area contributed by atoms with Crippen LogP contribution in [0.15, 0.2) is 12.2 Å². The summed E-state index contributed by atoms with van der Waals surface area (Å²) in [7, 11) is 1.64. The fourth-order valence-electron chi connectivity index (χ4n) is 0.724. The Kier molecular flexibility index (Phi) is 12.8. The lowest BCUT2D eigenvalue weighted by atomic mass is 10.3. The lowest BCUT2D eigenvalue weighted by Gasteiger charge is -1.98. The predicted octanol–water partition coefficient (Wildman–Crippen LogP) is 2.38. The molecule has 0 N–H and O–H groups in total. The lowest BCUT2D eigenvalue weighted by Crippen LogP contribution is -1.96. The van der Waals surface area contributed by atoms with E-state index in [1.807, 2.05) is 0 Å². The van der Waals surface area contributed by atoms with Crippen LogP contribution in [0.1, 0.15) is 12.8 Å². The summed E-state index contributed by atoms with van der Waals surface area (Å²) in [5, 5.41) is 0. The van der Waals surface area contributed by atoms with Crippen LogP contribution in [0.2, 0.25) is 4.55 Å². The molecular weight excluding hydrogens is 232 g/mol. The van der Waals surface area contributed by atoms with Gasteiger partial charge in [0, 0.05) is 7.11 Å². The van der Waals surface area contributed by atoms with Crippen molar-refractivity contribution >= 4 is 31.1 Å². The molecule has 0 rings (SSSR count). The maximum Gasteiger partial charge on any atom is 0.468 e. The fourth-order valence-corrected chi connectivity index (χ4v) is 2.09. The molecule has 0 atom stereocenters. The standard InChI is InChI=1S/C8H15O2.BrH.Mg/c1-3-4-5-6-7-10-8-9-2;;/h4-5H,1,3,6-8H2,2H3;1H;/q;;+1/p-1/b5-4-;;. The number of methoxy groups -OCH3 is 1. The Hall–Kier alpha value is 0.906. The maximum atomic E-state index is 5.12. The van der Waals surface area contributed by atoms with Crippen LogP contribution >= 0.6 is 12.9 Å². The average Bonchev–Trinajstić information content (AvgIpc) is 2.10. The van der Waals surface area contributed by atoms with E-state index in [2.05, 4.69) is 25.0 Å². The number of rotatable bonds is 8. The molecule has 0 unspecified atom stereocenters. The second-order valence-electron chi connectivity index (χ2n) is 2.41. The molecule has 0 amide bonds. The molecule has 0 aromatic rings. The first kappa shape index (κ1) is 12.9. The second-order valence-corrected chi connectivity index (χ2v) is 5.87. The monoisotopic (exact) mass is 246 g/mol. The van der Waals surface area contributed by atoms with E-state index in [9.17, 15) is 0 Å². The number of halogens is 1. The van der Waals surface area contributed by atoms with E-state index in [0.29, 0.717) is 6.79 Å². The van der Waals surface area contributed by atoms with Gasteiger partial charge in [-0.05, 0) is 6.42 Å². The molecule has 12 heavy (non-hydrogen) atoms. The number of hydrogen-bond donors (Lipinski definition) is 0. The van der Waals surface area contributed by atoms with E-state index >= 15 is 0 Å². The summed E-state index contributed by atoms with van der Waals surface area (Å²) in [5.41, 5.74) is 0. The van der Waals surface area contributed by atoms with Gasteiger partial charge in [0.25, 0.3) is 0 Å². The highest BCUT2D eigenvalue weighted by molar-refractivity contribution is 9.23. The molecular formula is C8H15BrMgO2. The molecule has 0 fully saturated rings. The topological polar surface area (TPSA) is 18.5 Å². The van der Waals surface area contributed by atoms with Gasteiger partial charge in [-0.3, -0.25) is 0 Å². The van der Waals surface area contributed by atoms with Crippen molar-refractivity contribution in [2.75, 3.05) is 20.5 Å². The zero-order valence-electron chi connectivity index (χ0n) is 7.59. The molecule has 0 aliphatic rings. The van der Waals surface area contributed by atoms with Crippen LogP contribution < -0.4 is 0 Å². The van der Waals surface area contributed by atoms with E-state index < -0.39 is 0 Å². The Balaban J connectivity index is 2.92. The zero-order chi connectivity index (χ0) is 9.07. The molecule has 4 heteroatoms. The van der Waals surface area contributed by atoms with Crippen LogP contribution in [0.25, 0.3) is 0 Å². The Morgan fingerprint density at radius 2 is 2.08 bits per heavy atom. The minimum atomic E-state index is 0.0764. The first-order valence-electron chi connectivity index (χ1n) is 4.19. The van der Waals surface area contributed by atoms with E-state index in [1.54, 1.807) is 7.11 Å². The van der Waals surface area contributed by atoms with E-state index in [-0.39, 0.29) is 18.2 Å². The third-order valence-electron chi connectivity index (χ3n) is 1.30. The van der Waals surface area contributed by atoms with Gasteiger partial charge in [-0.2, -0.15) is 0 Å². The summed E-state index contributed by atoms with van der Waals surface area (Å²) in [5.74, 6) is 0. The minimum absolute atomic E-state index is 0.0764. The van der Waals surface area contributed by atoms with Gasteiger partial charge in [0.2, 0.25) is 0 Å². The highest BCUT2D eigenvalue weighted by atomic mass is 79.9. The van der Waals surface area contributed by atoms with E-state index in [4.69, 9.17) is 9.47 Å². The smallest absolute Gasteiger partial charge is 0.359 e. The largest absolute Gasteiger partial charge is 0.468 e. The van der Waals surface area contributed by atoms with Crippen molar-refractivity contribution < 1.29 is 9.47 Å². The van der Waals surface area contributed by atoms with Gasteiger partial charge in [-0.15, -0.1) is 4.55 Å². The van der Waals surface area contributed by atoms with Crippen LogP contribution in [0.4, 0.5) is 0 Å². The van der Waals surface area contributed by atoms with Gasteiger partial charge in [0.1, 0.15) is 6.79 Å². The average molecular weight is 247 g/mol. The summed E-state index contributed by atoms with van der Waals surface area (Å²) in [6.07, 6.45) is 6.60. The maximum absolute atomic E-state index is 5.12. The van der Waals surface area contributed by atoms with Crippen LogP contribution in [0.3, 0.4) is 0 Å². The quantitative estimate of drug-likeness (QED) is 0.284. The molecule has 0 aliphatic carbocycles. The Labute approximate surface area is 90.3 Å². The van der Waals surface area contributed by atoms with Crippen LogP contribution in [0.5, 0.6) is 0 Å². The molecule has 68 valence electrons. The van der Waals surface area contributed by atoms with Gasteiger partial charge < -0.3 is 22.4 Å². The SMILES string of the molecule is COCOCC/C=C\C[CH2][Mg][Br]. The van der Waals surface area contributed by atoms with Crippen LogP contribution in [-0.2, 0) is 9.47 Å². The number of allylic oxidation sites excluding steroid dienone is 1. The third-order valence-corrected chi connectivity index (χ3v) is 3.66. The summed E-state index contributed by atoms with van der Waals surface area (Å²) in [6, 6.07) is 0. The van der Waals surface area contributed by atoms with Crippen molar-refractivity contribution in [1.29, 1.82) is 0 Å². The van der Waals surface area contributed by atoms with Gasteiger partial charge in [-0.25, -0.2) is 0 Å². The Morgan fingerprint density at radius 1 is 1.33 bits per heavy atom. The first-order chi connectivity index (χ1) is 5.91. The highest BCUT2D eigenvalue weighted by Crippen LogP contribution is 1.95. The summed E-state index contributed by atoms with van der Waals surface area (Å²) >= 11 is 3.59. The second kappa shape index (κ2) is 11.9. The predicted molar refractivity (Wildman–Crippen MR) is 55.7 cm³/mol. The molecule has 0 saturated heterocycles. The van der Waals surface area contributed by atoms with Crippen molar-refractivity contribution in [3.8, 4) is 0 Å². The minimum Gasteiger partial charge on any atom is -0.359 e. The van der Waals surface area contributed by atoms with Crippen molar-refractivity contribution in [2.45, 2.75) is 17.4 Å². The van der Waals surface area contributed by atoms with Crippen molar-refractivity contribution in [1.82, 2.24) is 0 Å². The van der Waals surface area contributed by atoms with Crippen molar-refractivity contribution in [3.05, 3.63) is 12.2 Å². The van der Waals surface area contributed by atoms with Crippen LogP contribution in [0, 0.1) is 0 Å². The highest BCUT2D eigenvalue weighted by Gasteiger charge is 1.85. The van der Waals surface area contributed by atoms with Gasteiger partial charge in [-0.1, -0.05) is 18.6 Å². The van der Waals surface area contributed by atoms with E-state index in [0.717, 1.165) is 13.0 Å². The van der Waals surface area contributed by atoms with Gasteiger partial charge in [0.05, 0.1) is 6.61 Å². The van der Waals surface area contributed by atoms with Gasteiger partial charge in [0.15, 0.2) is 0 Å². The van der Waals surface area contributed by atoms with Gasteiger partial charge >= 0.3 is 18.2 Å². The molecule has 0 bridgehead atoms. The fraction of sp³-hybridized carbons (Fsp3) is 0.750. The molecule has 0 aromatic carbocycles. The molecule has 2 nitrogen and oxygen atoms in total. The summed E-state index contributed by atoms with van der Waals surface area (Å²) in [4.78, 5) is 0. The van der Waals surface area contributed by atoms with Crippen molar-refractivity contribution in [3.63, 3.8) is 0 Å². The van der Waals surface area contributed by atoms with E-state index in [1.165, 1.54) is 11.0 Å².